The minimum absolute atomic E-state index is 0.0686. The molecule has 3 rings (SSSR count). The fourth-order valence-corrected chi connectivity index (χ4v) is 5.13. The molecule has 2 aliphatic rings. The predicted molar refractivity (Wildman–Crippen MR) is 122 cm³/mol. The number of anilines is 1. The summed E-state index contributed by atoms with van der Waals surface area (Å²) in [6.45, 7) is 3.12. The van der Waals surface area contributed by atoms with Crippen LogP contribution >= 0.6 is 0 Å². The molecule has 0 spiro atoms. The van der Waals surface area contributed by atoms with E-state index in [9.17, 15) is 14.8 Å². The number of hydrogen-bond acceptors (Lipinski definition) is 7. The van der Waals surface area contributed by atoms with E-state index < -0.39 is 11.7 Å². The summed E-state index contributed by atoms with van der Waals surface area (Å²) in [7, 11) is 4.00. The summed E-state index contributed by atoms with van der Waals surface area (Å²) in [5.74, 6) is -0.231. The van der Waals surface area contributed by atoms with Crippen molar-refractivity contribution in [1.82, 2.24) is 25.2 Å². The molecule has 2 heterocycles. The fourth-order valence-electron chi connectivity index (χ4n) is 5.13. The predicted octanol–water partition coefficient (Wildman–Crippen LogP) is 2.11. The largest absolute Gasteiger partial charge is 0.350 e. The molecule has 9 nitrogen and oxygen atoms in total. The molecular weight excluding hydrogens is 427 g/mol. The average Bonchev–Trinajstić information content (AvgIpc) is 3.45. The zero-order valence-electron chi connectivity index (χ0n) is 20.0. The Kier molecular flexibility index (Phi) is 8.96. The highest BCUT2D eigenvalue weighted by Crippen LogP contribution is 2.31. The summed E-state index contributed by atoms with van der Waals surface area (Å²) in [5.41, 5.74) is 0.150. The number of carbonyl (C=O) groups excluding carboxylic acids is 2. The van der Waals surface area contributed by atoms with E-state index in [-0.39, 0.29) is 30.7 Å². The van der Waals surface area contributed by atoms with Gasteiger partial charge in [0.15, 0.2) is 11.6 Å². The van der Waals surface area contributed by atoms with Gasteiger partial charge in [0.1, 0.15) is 11.5 Å². The first-order valence-corrected chi connectivity index (χ1v) is 11.9. The molecule has 0 unspecified atom stereocenters. The van der Waals surface area contributed by atoms with Crippen LogP contribution in [0.25, 0.3) is 0 Å². The zero-order chi connectivity index (χ0) is 24.0. The van der Waals surface area contributed by atoms with Gasteiger partial charge in [0.25, 0.3) is 0 Å². The maximum atomic E-state index is 15.4. The standard InChI is InChI=1S/C23H37FN6O3/c1-16-26-20(21(24)22(27-16)30-10-6-9-19(30)14-28(2)3)12-25-23(32)18(13-29(33)15-31)11-17-7-4-5-8-17/h15,17-19,33H,4-14H2,1-3H3,(H,25,32)/t18-,19+/m1/s1. The van der Waals surface area contributed by atoms with Gasteiger partial charge >= 0.3 is 0 Å². The van der Waals surface area contributed by atoms with Crippen molar-refractivity contribution < 1.29 is 19.2 Å². The molecule has 2 atom stereocenters. The van der Waals surface area contributed by atoms with Crippen LogP contribution in [-0.4, -0.2) is 77.2 Å². The van der Waals surface area contributed by atoms with Crippen molar-refractivity contribution in [2.24, 2.45) is 11.8 Å². The van der Waals surface area contributed by atoms with E-state index in [0.29, 0.717) is 35.5 Å². The molecule has 10 heteroatoms. The van der Waals surface area contributed by atoms with Crippen LogP contribution in [0, 0.1) is 24.6 Å². The zero-order valence-corrected chi connectivity index (χ0v) is 20.0. The summed E-state index contributed by atoms with van der Waals surface area (Å²) >= 11 is 0. The number of nitrogens with zero attached hydrogens (tertiary/aromatic N) is 5. The molecule has 2 fully saturated rings. The number of amides is 2. The van der Waals surface area contributed by atoms with Gasteiger partial charge in [-0.05, 0) is 46.2 Å². The van der Waals surface area contributed by atoms with Crippen molar-refractivity contribution in [2.75, 3.05) is 38.6 Å². The second kappa shape index (κ2) is 11.7. The van der Waals surface area contributed by atoms with Crippen molar-refractivity contribution in [3.8, 4) is 0 Å². The normalized spacial score (nSPS) is 19.8. The number of hydrogen-bond donors (Lipinski definition) is 2. The lowest BCUT2D eigenvalue weighted by Crippen LogP contribution is -2.40. The van der Waals surface area contributed by atoms with E-state index in [4.69, 9.17) is 0 Å². The number of rotatable bonds is 11. The molecule has 2 amide bonds. The molecule has 2 N–H and O–H groups in total. The Morgan fingerprint density at radius 3 is 2.67 bits per heavy atom. The molecule has 33 heavy (non-hydrogen) atoms. The van der Waals surface area contributed by atoms with Gasteiger partial charge in [-0.3, -0.25) is 14.8 Å². The van der Waals surface area contributed by atoms with Gasteiger partial charge in [0.05, 0.1) is 19.0 Å². The smallest absolute Gasteiger partial charge is 0.233 e. The van der Waals surface area contributed by atoms with Crippen LogP contribution in [0.4, 0.5) is 10.2 Å². The summed E-state index contributed by atoms with van der Waals surface area (Å²) in [5, 5.41) is 12.9. The second-order valence-corrected chi connectivity index (χ2v) is 9.64. The van der Waals surface area contributed by atoms with Crippen LogP contribution in [0.1, 0.15) is 56.5 Å². The first kappa shape index (κ1) is 25.3. The molecule has 1 aromatic heterocycles. The number of hydroxylamine groups is 2. The van der Waals surface area contributed by atoms with Crippen molar-refractivity contribution in [3.63, 3.8) is 0 Å². The number of carbonyl (C=O) groups is 2. The van der Waals surface area contributed by atoms with Gasteiger partial charge in [-0.15, -0.1) is 0 Å². The van der Waals surface area contributed by atoms with Gasteiger partial charge in [-0.25, -0.2) is 19.4 Å². The third-order valence-corrected chi connectivity index (χ3v) is 6.66. The van der Waals surface area contributed by atoms with Crippen LogP contribution in [0.2, 0.25) is 0 Å². The van der Waals surface area contributed by atoms with E-state index in [0.717, 1.165) is 51.6 Å². The van der Waals surface area contributed by atoms with Gasteiger partial charge in [0, 0.05) is 19.1 Å². The molecule has 1 aliphatic carbocycles. The van der Waals surface area contributed by atoms with Gasteiger partial charge in [0.2, 0.25) is 12.3 Å². The van der Waals surface area contributed by atoms with Crippen molar-refractivity contribution in [1.29, 1.82) is 0 Å². The molecule has 0 radical (unpaired) electrons. The number of aromatic nitrogens is 2. The number of halogens is 1. The van der Waals surface area contributed by atoms with Crippen LogP contribution in [0.3, 0.4) is 0 Å². The SMILES string of the molecule is Cc1nc(CNC(=O)[C@H](CC2CCCC2)CN(O)C=O)c(F)c(N2CCC[C@H]2CN(C)C)n1. The molecule has 184 valence electrons. The summed E-state index contributed by atoms with van der Waals surface area (Å²) in [6, 6.07) is 0.181. The Balaban J connectivity index is 1.71. The van der Waals surface area contributed by atoms with Crippen LogP contribution in [0.15, 0.2) is 0 Å². The maximum Gasteiger partial charge on any atom is 0.233 e. The first-order chi connectivity index (χ1) is 15.8. The molecular formula is C23H37FN6O3. The number of aryl methyl sites for hydroxylation is 1. The highest BCUT2D eigenvalue weighted by atomic mass is 19.1. The topological polar surface area (TPSA) is 102 Å². The van der Waals surface area contributed by atoms with E-state index in [1.165, 1.54) is 0 Å². The quantitative estimate of drug-likeness (QED) is 0.294. The minimum atomic E-state index is -0.559. The number of nitrogens with one attached hydrogen (secondary N) is 1. The van der Waals surface area contributed by atoms with Gasteiger partial charge < -0.3 is 15.1 Å². The van der Waals surface area contributed by atoms with E-state index in [2.05, 4.69) is 20.2 Å². The Labute approximate surface area is 195 Å². The summed E-state index contributed by atoms with van der Waals surface area (Å²) in [6.07, 6.45) is 7.20. The highest BCUT2D eigenvalue weighted by Gasteiger charge is 2.31. The summed E-state index contributed by atoms with van der Waals surface area (Å²) < 4.78 is 15.4. The Hall–Kier alpha value is -2.33. The van der Waals surface area contributed by atoms with Crippen LogP contribution < -0.4 is 10.2 Å². The van der Waals surface area contributed by atoms with Crippen molar-refractivity contribution >= 4 is 18.1 Å². The maximum absolute atomic E-state index is 15.4. The van der Waals surface area contributed by atoms with Crippen molar-refractivity contribution in [2.45, 2.75) is 64.5 Å². The lowest BCUT2D eigenvalue weighted by molar-refractivity contribution is -0.155. The van der Waals surface area contributed by atoms with Crippen molar-refractivity contribution in [3.05, 3.63) is 17.3 Å². The highest BCUT2D eigenvalue weighted by molar-refractivity contribution is 5.79. The Morgan fingerprint density at radius 1 is 1.27 bits per heavy atom. The van der Waals surface area contributed by atoms with Crippen LogP contribution in [-0.2, 0) is 16.1 Å². The third kappa shape index (κ3) is 6.83. The van der Waals surface area contributed by atoms with Gasteiger partial charge in [-0.2, -0.15) is 0 Å². The lowest BCUT2D eigenvalue weighted by Gasteiger charge is -2.29. The fraction of sp³-hybridized carbons (Fsp3) is 0.739. The summed E-state index contributed by atoms with van der Waals surface area (Å²) in [4.78, 5) is 36.5. The first-order valence-electron chi connectivity index (χ1n) is 11.9. The molecule has 0 aromatic carbocycles. The molecule has 1 aliphatic heterocycles. The Bertz CT molecular complexity index is 818. The van der Waals surface area contributed by atoms with E-state index >= 15 is 4.39 Å². The monoisotopic (exact) mass is 464 g/mol. The molecule has 1 saturated carbocycles. The molecule has 1 saturated heterocycles. The average molecular weight is 465 g/mol. The minimum Gasteiger partial charge on any atom is -0.350 e. The number of likely N-dealkylation sites (N-methyl/N-ethyl adjacent to an activating group) is 1. The van der Waals surface area contributed by atoms with E-state index in [1.54, 1.807) is 6.92 Å². The third-order valence-electron chi connectivity index (χ3n) is 6.66. The lowest BCUT2D eigenvalue weighted by atomic mass is 9.92. The van der Waals surface area contributed by atoms with Gasteiger partial charge in [-0.1, -0.05) is 25.7 Å². The van der Waals surface area contributed by atoms with E-state index in [1.807, 2.05) is 19.0 Å². The second-order valence-electron chi connectivity index (χ2n) is 9.64. The molecule has 0 bridgehead atoms. The molecule has 1 aromatic rings. The van der Waals surface area contributed by atoms with Crippen LogP contribution in [0.5, 0.6) is 0 Å². The Morgan fingerprint density at radius 2 is 2.00 bits per heavy atom.